The van der Waals surface area contributed by atoms with Crippen molar-refractivity contribution in [3.63, 3.8) is 0 Å². The molecule has 0 aromatic heterocycles. The predicted octanol–water partition coefficient (Wildman–Crippen LogP) is 3.69. The Hall–Kier alpha value is -2.84. The minimum absolute atomic E-state index is 0.147. The Balaban J connectivity index is 1.36. The van der Waals surface area contributed by atoms with Crippen molar-refractivity contribution in [2.24, 2.45) is 0 Å². The van der Waals surface area contributed by atoms with Crippen molar-refractivity contribution in [2.45, 2.75) is 37.1 Å². The van der Waals surface area contributed by atoms with Crippen LogP contribution < -0.4 is 9.47 Å². The van der Waals surface area contributed by atoms with Crippen molar-refractivity contribution in [3.05, 3.63) is 59.7 Å². The van der Waals surface area contributed by atoms with Gasteiger partial charge < -0.3 is 14.4 Å². The molecule has 176 valence electrons. The van der Waals surface area contributed by atoms with E-state index in [0.717, 1.165) is 42.6 Å². The fraction of sp³-hybridized carbons (Fsp3) is 0.400. The van der Waals surface area contributed by atoms with Crippen LogP contribution in [0.2, 0.25) is 0 Å². The summed E-state index contributed by atoms with van der Waals surface area (Å²) >= 11 is 0. The molecule has 7 nitrogen and oxygen atoms in total. The van der Waals surface area contributed by atoms with E-state index >= 15 is 0 Å². The van der Waals surface area contributed by atoms with E-state index in [-0.39, 0.29) is 5.91 Å². The van der Waals surface area contributed by atoms with Crippen LogP contribution in [0.3, 0.4) is 0 Å². The van der Waals surface area contributed by atoms with Crippen LogP contribution in [0.25, 0.3) is 6.08 Å². The second kappa shape index (κ2) is 10.4. The zero-order valence-corrected chi connectivity index (χ0v) is 19.7. The summed E-state index contributed by atoms with van der Waals surface area (Å²) in [6.07, 6.45) is 7.16. The highest BCUT2D eigenvalue weighted by Gasteiger charge is 2.24. The number of rotatable bonds is 6. The summed E-state index contributed by atoms with van der Waals surface area (Å²) in [5.41, 5.74) is 1.72. The van der Waals surface area contributed by atoms with Gasteiger partial charge in [-0.05, 0) is 54.3 Å². The molecule has 33 heavy (non-hydrogen) atoms. The first kappa shape index (κ1) is 23.3. The number of amides is 1. The first-order valence-electron chi connectivity index (χ1n) is 11.4. The quantitative estimate of drug-likeness (QED) is 0.602. The average Bonchev–Trinajstić information content (AvgIpc) is 3.13. The van der Waals surface area contributed by atoms with Gasteiger partial charge in [-0.2, -0.15) is 4.31 Å². The molecule has 8 heteroatoms. The number of carbonyl (C=O) groups excluding carboxylic acids is 1. The van der Waals surface area contributed by atoms with Crippen molar-refractivity contribution in [1.82, 2.24) is 9.21 Å². The normalized spacial score (nSPS) is 17.0. The summed E-state index contributed by atoms with van der Waals surface area (Å²) in [7, 11) is -1.74. The summed E-state index contributed by atoms with van der Waals surface area (Å²) in [5, 5.41) is 0. The number of hydrogen-bond donors (Lipinski definition) is 0. The maximum absolute atomic E-state index is 12.9. The minimum Gasteiger partial charge on any atom is -0.486 e. The van der Waals surface area contributed by atoms with Crippen molar-refractivity contribution >= 4 is 22.0 Å². The van der Waals surface area contributed by atoms with E-state index in [9.17, 15) is 13.2 Å². The summed E-state index contributed by atoms with van der Waals surface area (Å²) in [4.78, 5) is 14.5. The molecule has 2 heterocycles. The van der Waals surface area contributed by atoms with Gasteiger partial charge in [0.25, 0.3) is 0 Å². The zero-order chi connectivity index (χ0) is 23.3. The third-order valence-electron chi connectivity index (χ3n) is 5.90. The lowest BCUT2D eigenvalue weighted by Gasteiger charge is -2.20. The zero-order valence-electron chi connectivity index (χ0n) is 18.9. The number of ether oxygens (including phenoxy) is 2. The molecule has 1 amide bonds. The summed E-state index contributed by atoms with van der Waals surface area (Å²) in [6, 6.07) is 12.4. The van der Waals surface area contributed by atoms with Gasteiger partial charge in [-0.3, -0.25) is 4.79 Å². The van der Waals surface area contributed by atoms with Gasteiger partial charge in [-0.25, -0.2) is 8.42 Å². The maximum Gasteiger partial charge on any atom is 0.246 e. The number of sulfonamides is 1. The Morgan fingerprint density at radius 3 is 2.33 bits per heavy atom. The van der Waals surface area contributed by atoms with E-state index in [1.165, 1.54) is 6.08 Å². The lowest BCUT2D eigenvalue weighted by molar-refractivity contribution is -0.125. The van der Waals surface area contributed by atoms with Crippen molar-refractivity contribution < 1.29 is 22.7 Å². The average molecular weight is 471 g/mol. The minimum atomic E-state index is -3.47. The lowest BCUT2D eigenvalue weighted by atomic mass is 10.1. The van der Waals surface area contributed by atoms with Crippen LogP contribution in [0.1, 0.15) is 36.8 Å². The van der Waals surface area contributed by atoms with Gasteiger partial charge in [0.1, 0.15) is 13.2 Å². The molecule has 2 aromatic carbocycles. The van der Waals surface area contributed by atoms with Crippen LogP contribution in [-0.2, 0) is 21.4 Å². The van der Waals surface area contributed by atoms with Crippen molar-refractivity contribution in [1.29, 1.82) is 0 Å². The number of nitrogens with zero attached hydrogens (tertiary/aromatic N) is 2. The van der Waals surface area contributed by atoms with Gasteiger partial charge in [0, 0.05) is 32.8 Å². The van der Waals surface area contributed by atoms with Gasteiger partial charge in [0.15, 0.2) is 11.5 Å². The Labute approximate surface area is 195 Å². The Morgan fingerprint density at radius 1 is 0.970 bits per heavy atom. The van der Waals surface area contributed by atoms with E-state index in [0.29, 0.717) is 43.5 Å². The van der Waals surface area contributed by atoms with Crippen LogP contribution in [0.4, 0.5) is 0 Å². The molecule has 2 aromatic rings. The van der Waals surface area contributed by atoms with E-state index < -0.39 is 10.0 Å². The van der Waals surface area contributed by atoms with E-state index in [1.54, 1.807) is 46.6 Å². The fourth-order valence-corrected chi connectivity index (χ4v) is 5.53. The molecule has 4 rings (SSSR count). The number of likely N-dealkylation sites (N-methyl/N-ethyl adjacent to an activating group) is 1. The van der Waals surface area contributed by atoms with Crippen LogP contribution in [0.5, 0.6) is 11.5 Å². The molecular formula is C25H30N2O5S. The molecule has 0 spiro atoms. The first-order valence-corrected chi connectivity index (χ1v) is 12.8. The molecule has 2 aliphatic heterocycles. The largest absolute Gasteiger partial charge is 0.486 e. The Bertz CT molecular complexity index is 1100. The third-order valence-corrected chi connectivity index (χ3v) is 7.82. The fourth-order valence-electron chi connectivity index (χ4n) is 4.01. The van der Waals surface area contributed by atoms with Crippen LogP contribution in [-0.4, -0.2) is 56.9 Å². The predicted molar refractivity (Wildman–Crippen MR) is 127 cm³/mol. The molecule has 0 unspecified atom stereocenters. The molecule has 0 atom stereocenters. The highest BCUT2D eigenvalue weighted by atomic mass is 32.2. The maximum atomic E-state index is 12.9. The second-order valence-electron chi connectivity index (χ2n) is 8.39. The van der Waals surface area contributed by atoms with E-state index in [2.05, 4.69) is 0 Å². The SMILES string of the molecule is CN(Cc1ccc2c(c1)OCCO2)C(=O)C=Cc1ccc(S(=O)(=O)N2CCCCCC2)cc1. The molecular weight excluding hydrogens is 440 g/mol. The number of fused-ring (bicyclic) bond motifs is 1. The lowest BCUT2D eigenvalue weighted by Crippen LogP contribution is -2.31. The standard InChI is InChI=1S/C25H30N2O5S/c1-26(19-21-8-12-23-24(18-21)32-17-16-31-23)25(28)13-9-20-6-10-22(11-7-20)33(29,30)27-14-4-2-3-5-15-27/h6-13,18H,2-5,14-17,19H2,1H3. The van der Waals surface area contributed by atoms with Gasteiger partial charge in [0.05, 0.1) is 4.90 Å². The molecule has 0 N–H and O–H groups in total. The highest BCUT2D eigenvalue weighted by Crippen LogP contribution is 2.31. The van der Waals surface area contributed by atoms with Gasteiger partial charge >= 0.3 is 0 Å². The van der Waals surface area contributed by atoms with Gasteiger partial charge in [0.2, 0.25) is 15.9 Å². The molecule has 1 fully saturated rings. The second-order valence-corrected chi connectivity index (χ2v) is 10.3. The number of carbonyl (C=O) groups is 1. The molecule has 0 aliphatic carbocycles. The third kappa shape index (κ3) is 5.75. The van der Waals surface area contributed by atoms with E-state index in [4.69, 9.17) is 9.47 Å². The number of hydrogen-bond acceptors (Lipinski definition) is 5. The summed E-state index contributed by atoms with van der Waals surface area (Å²) < 4.78 is 38.5. The highest BCUT2D eigenvalue weighted by molar-refractivity contribution is 7.89. The summed E-state index contributed by atoms with van der Waals surface area (Å²) in [6.45, 7) is 2.65. The molecule has 2 aliphatic rings. The Morgan fingerprint density at radius 2 is 1.64 bits per heavy atom. The van der Waals surface area contributed by atoms with Crippen molar-refractivity contribution in [2.75, 3.05) is 33.4 Å². The molecule has 0 radical (unpaired) electrons. The molecule has 0 bridgehead atoms. The van der Waals surface area contributed by atoms with Crippen LogP contribution >= 0.6 is 0 Å². The van der Waals surface area contributed by atoms with Crippen LogP contribution in [0, 0.1) is 0 Å². The summed E-state index contributed by atoms with van der Waals surface area (Å²) in [5.74, 6) is 1.27. The topological polar surface area (TPSA) is 76.1 Å². The van der Waals surface area contributed by atoms with Crippen molar-refractivity contribution in [3.8, 4) is 11.5 Å². The monoisotopic (exact) mass is 470 g/mol. The van der Waals surface area contributed by atoms with E-state index in [1.807, 2.05) is 18.2 Å². The Kier molecular flexibility index (Phi) is 7.35. The molecule has 0 saturated carbocycles. The smallest absolute Gasteiger partial charge is 0.246 e. The van der Waals surface area contributed by atoms with Gasteiger partial charge in [-0.15, -0.1) is 0 Å². The number of benzene rings is 2. The van der Waals surface area contributed by atoms with Gasteiger partial charge in [-0.1, -0.05) is 31.0 Å². The van der Waals surface area contributed by atoms with Crippen LogP contribution in [0.15, 0.2) is 53.4 Å². The molecule has 1 saturated heterocycles. The first-order chi connectivity index (χ1) is 15.9.